The van der Waals surface area contributed by atoms with Crippen LogP contribution in [0, 0.1) is 0 Å². The number of nitrogens with zero attached hydrogens (tertiary/aromatic N) is 1. The van der Waals surface area contributed by atoms with Gasteiger partial charge in [-0.3, -0.25) is 10.6 Å². The first-order valence-corrected chi connectivity index (χ1v) is 6.40. The number of hydrogen-bond acceptors (Lipinski definition) is 3. The highest BCUT2D eigenvalue weighted by molar-refractivity contribution is 5.13. The van der Waals surface area contributed by atoms with Crippen LogP contribution in [0.4, 0.5) is 0 Å². The fourth-order valence-electron chi connectivity index (χ4n) is 2.23. The first-order valence-electron chi connectivity index (χ1n) is 6.40. The quantitative estimate of drug-likeness (QED) is 0.813. The maximum Gasteiger partial charge on any atom is 0.172 e. The van der Waals surface area contributed by atoms with E-state index in [0.29, 0.717) is 6.61 Å². The van der Waals surface area contributed by atoms with Gasteiger partial charge < -0.3 is 4.74 Å². The Hall–Kier alpha value is -0.900. The van der Waals surface area contributed by atoms with Crippen molar-refractivity contribution >= 4 is 0 Å². The van der Waals surface area contributed by atoms with Gasteiger partial charge in [0.2, 0.25) is 0 Å². The van der Waals surface area contributed by atoms with E-state index in [9.17, 15) is 0 Å². The summed E-state index contributed by atoms with van der Waals surface area (Å²) in [6, 6.07) is 10.2. The van der Waals surface area contributed by atoms with Crippen molar-refractivity contribution in [3.63, 3.8) is 0 Å². The smallest absolute Gasteiger partial charge is 0.172 e. The van der Waals surface area contributed by atoms with Gasteiger partial charge in [0.25, 0.3) is 0 Å². The standard InChI is InChI=1S/C14H22N2O/c1-14(15,16-10-6-3-7-11-16)17-12-13-8-4-2-5-9-13/h2,4-5,8-9H,3,6-7,10-12,15H2,1H3/t14-/m0/s1. The van der Waals surface area contributed by atoms with Crippen LogP contribution in [0.5, 0.6) is 0 Å². The molecule has 1 saturated heterocycles. The summed E-state index contributed by atoms with van der Waals surface area (Å²) in [7, 11) is 0. The fourth-order valence-corrected chi connectivity index (χ4v) is 2.23. The molecule has 1 heterocycles. The molecule has 1 aromatic rings. The number of hydrogen-bond donors (Lipinski definition) is 1. The highest BCUT2D eigenvalue weighted by Gasteiger charge is 2.29. The minimum absolute atomic E-state index is 0.574. The van der Waals surface area contributed by atoms with Gasteiger partial charge in [0, 0.05) is 13.1 Å². The second kappa shape index (κ2) is 5.63. The SMILES string of the molecule is C[C@@](N)(OCc1ccccc1)N1CCCCC1. The molecule has 0 aromatic heterocycles. The number of benzene rings is 1. The van der Waals surface area contributed by atoms with Crippen LogP contribution in [0.15, 0.2) is 30.3 Å². The van der Waals surface area contributed by atoms with Crippen LogP contribution in [-0.2, 0) is 11.3 Å². The molecule has 0 amide bonds. The third-order valence-electron chi connectivity index (χ3n) is 3.36. The van der Waals surface area contributed by atoms with Gasteiger partial charge in [0.1, 0.15) is 0 Å². The average Bonchev–Trinajstić information content (AvgIpc) is 2.39. The lowest BCUT2D eigenvalue weighted by Gasteiger charge is -2.40. The molecule has 1 aromatic carbocycles. The predicted octanol–water partition coefficient (Wildman–Crippen LogP) is 2.32. The number of nitrogens with two attached hydrogens (primary N) is 1. The molecule has 3 nitrogen and oxygen atoms in total. The first-order chi connectivity index (χ1) is 8.18. The number of rotatable bonds is 4. The molecular formula is C14H22N2O. The van der Waals surface area contributed by atoms with E-state index in [2.05, 4.69) is 17.0 Å². The van der Waals surface area contributed by atoms with Crippen LogP contribution in [0.25, 0.3) is 0 Å². The van der Waals surface area contributed by atoms with Gasteiger partial charge in [0.05, 0.1) is 6.61 Å². The van der Waals surface area contributed by atoms with Crippen molar-refractivity contribution in [2.45, 2.75) is 38.6 Å². The third-order valence-corrected chi connectivity index (χ3v) is 3.36. The van der Waals surface area contributed by atoms with Crippen LogP contribution in [0.3, 0.4) is 0 Å². The Balaban J connectivity index is 1.88. The Bertz CT molecular complexity index is 331. The summed E-state index contributed by atoms with van der Waals surface area (Å²) in [6.07, 6.45) is 3.76. The Morgan fingerprint density at radius 1 is 1.18 bits per heavy atom. The molecule has 94 valence electrons. The summed E-state index contributed by atoms with van der Waals surface area (Å²) < 4.78 is 5.86. The average molecular weight is 234 g/mol. The largest absolute Gasteiger partial charge is 0.343 e. The molecule has 1 fully saturated rings. The van der Waals surface area contributed by atoms with E-state index in [1.165, 1.54) is 24.8 Å². The Kier molecular flexibility index (Phi) is 4.15. The normalized spacial score (nSPS) is 21.1. The number of likely N-dealkylation sites (tertiary alicyclic amines) is 1. The van der Waals surface area contributed by atoms with Crippen molar-refractivity contribution in [3.8, 4) is 0 Å². The topological polar surface area (TPSA) is 38.5 Å². The van der Waals surface area contributed by atoms with E-state index in [-0.39, 0.29) is 0 Å². The second-order valence-corrected chi connectivity index (χ2v) is 4.88. The maximum absolute atomic E-state index is 6.24. The summed E-state index contributed by atoms with van der Waals surface area (Å²) >= 11 is 0. The van der Waals surface area contributed by atoms with E-state index in [1.54, 1.807) is 0 Å². The van der Waals surface area contributed by atoms with Crippen LogP contribution in [-0.4, -0.2) is 23.8 Å². The molecule has 0 bridgehead atoms. The van der Waals surface area contributed by atoms with Crippen molar-refractivity contribution in [2.75, 3.05) is 13.1 Å². The molecule has 0 aliphatic carbocycles. The lowest BCUT2D eigenvalue weighted by Crippen LogP contribution is -2.57. The second-order valence-electron chi connectivity index (χ2n) is 4.88. The molecule has 17 heavy (non-hydrogen) atoms. The van der Waals surface area contributed by atoms with Gasteiger partial charge >= 0.3 is 0 Å². The fraction of sp³-hybridized carbons (Fsp3) is 0.571. The molecule has 1 atom stereocenters. The van der Waals surface area contributed by atoms with E-state index < -0.39 is 5.85 Å². The minimum Gasteiger partial charge on any atom is -0.343 e. The van der Waals surface area contributed by atoms with E-state index in [4.69, 9.17) is 10.5 Å². The van der Waals surface area contributed by atoms with Crippen LogP contribution >= 0.6 is 0 Å². The monoisotopic (exact) mass is 234 g/mol. The lowest BCUT2D eigenvalue weighted by molar-refractivity contribution is -0.154. The molecule has 0 radical (unpaired) electrons. The van der Waals surface area contributed by atoms with Gasteiger partial charge in [-0.25, -0.2) is 0 Å². The number of piperidine rings is 1. The van der Waals surface area contributed by atoms with Crippen LogP contribution < -0.4 is 5.73 Å². The zero-order valence-corrected chi connectivity index (χ0v) is 10.6. The molecule has 3 heteroatoms. The predicted molar refractivity (Wildman–Crippen MR) is 69.2 cm³/mol. The molecule has 0 spiro atoms. The van der Waals surface area contributed by atoms with Gasteiger partial charge in [-0.05, 0) is 25.3 Å². The summed E-state index contributed by atoms with van der Waals surface area (Å²) in [6.45, 7) is 4.62. The zero-order valence-electron chi connectivity index (χ0n) is 10.6. The van der Waals surface area contributed by atoms with Crippen LogP contribution in [0.2, 0.25) is 0 Å². The van der Waals surface area contributed by atoms with Crippen molar-refractivity contribution in [1.82, 2.24) is 4.90 Å². The Morgan fingerprint density at radius 2 is 1.82 bits per heavy atom. The summed E-state index contributed by atoms with van der Waals surface area (Å²) in [5, 5.41) is 0. The van der Waals surface area contributed by atoms with Gasteiger partial charge in [0.15, 0.2) is 5.85 Å². The zero-order chi connectivity index (χ0) is 12.1. The summed E-state index contributed by atoms with van der Waals surface area (Å²) in [5.41, 5.74) is 7.41. The van der Waals surface area contributed by atoms with Crippen molar-refractivity contribution in [1.29, 1.82) is 0 Å². The third kappa shape index (κ3) is 3.53. The molecule has 2 N–H and O–H groups in total. The van der Waals surface area contributed by atoms with Gasteiger partial charge in [-0.1, -0.05) is 36.8 Å². The van der Waals surface area contributed by atoms with E-state index in [1.807, 2.05) is 25.1 Å². The van der Waals surface area contributed by atoms with Crippen LogP contribution in [0.1, 0.15) is 31.7 Å². The molecule has 0 unspecified atom stereocenters. The minimum atomic E-state index is -0.643. The number of ether oxygens (including phenoxy) is 1. The highest BCUT2D eigenvalue weighted by atomic mass is 16.5. The van der Waals surface area contributed by atoms with Gasteiger partial charge in [-0.2, -0.15) is 0 Å². The highest BCUT2D eigenvalue weighted by Crippen LogP contribution is 2.19. The van der Waals surface area contributed by atoms with Crippen molar-refractivity contribution in [3.05, 3.63) is 35.9 Å². The molecule has 2 rings (SSSR count). The Labute approximate surface area is 104 Å². The summed E-state index contributed by atoms with van der Waals surface area (Å²) in [4.78, 5) is 2.24. The lowest BCUT2D eigenvalue weighted by atomic mass is 10.1. The van der Waals surface area contributed by atoms with Gasteiger partial charge in [-0.15, -0.1) is 0 Å². The summed E-state index contributed by atoms with van der Waals surface area (Å²) in [5.74, 6) is -0.643. The molecule has 1 aliphatic rings. The van der Waals surface area contributed by atoms with Crippen molar-refractivity contribution in [2.24, 2.45) is 5.73 Å². The molecule has 1 aliphatic heterocycles. The molecule has 0 saturated carbocycles. The van der Waals surface area contributed by atoms with Crippen molar-refractivity contribution < 1.29 is 4.74 Å². The van der Waals surface area contributed by atoms with E-state index in [0.717, 1.165) is 13.1 Å². The maximum atomic E-state index is 6.24. The molecular weight excluding hydrogens is 212 g/mol. The first kappa shape index (κ1) is 12.6. The van der Waals surface area contributed by atoms with E-state index >= 15 is 0 Å². The Morgan fingerprint density at radius 3 is 2.47 bits per heavy atom.